The van der Waals surface area contributed by atoms with Gasteiger partial charge in [0, 0.05) is 25.7 Å². The van der Waals surface area contributed by atoms with Crippen molar-refractivity contribution >= 4 is 6.03 Å². The highest BCUT2D eigenvalue weighted by molar-refractivity contribution is 5.73. The van der Waals surface area contributed by atoms with E-state index in [0.717, 1.165) is 39.0 Å². The van der Waals surface area contributed by atoms with E-state index in [-0.39, 0.29) is 6.03 Å². The smallest absolute Gasteiger partial charge is 0.317 e. The molecule has 0 aliphatic rings. The lowest BCUT2D eigenvalue weighted by Crippen LogP contribution is -2.40. The average molecular weight is 243 g/mol. The van der Waals surface area contributed by atoms with Crippen molar-refractivity contribution in [3.63, 3.8) is 0 Å². The second kappa shape index (κ2) is 9.28. The first-order chi connectivity index (χ1) is 8.02. The minimum absolute atomic E-state index is 0.0622. The molecule has 1 N–H and O–H groups in total. The van der Waals surface area contributed by atoms with Gasteiger partial charge in [0.2, 0.25) is 0 Å². The molecule has 0 fully saturated rings. The molecule has 0 unspecified atom stereocenters. The van der Waals surface area contributed by atoms with Crippen LogP contribution in [0.2, 0.25) is 0 Å². The minimum atomic E-state index is 0.0622. The molecule has 0 radical (unpaired) electrons. The molecule has 0 rings (SSSR count). The van der Waals surface area contributed by atoms with Gasteiger partial charge in [-0.1, -0.05) is 0 Å². The van der Waals surface area contributed by atoms with Gasteiger partial charge in [-0.3, -0.25) is 0 Å². The van der Waals surface area contributed by atoms with Gasteiger partial charge in [-0.05, 0) is 54.1 Å². The fourth-order valence-electron chi connectivity index (χ4n) is 1.56. The summed E-state index contributed by atoms with van der Waals surface area (Å²) < 4.78 is 0. The van der Waals surface area contributed by atoms with E-state index in [4.69, 9.17) is 0 Å². The van der Waals surface area contributed by atoms with Gasteiger partial charge in [0.05, 0.1) is 0 Å². The van der Waals surface area contributed by atoms with Crippen LogP contribution in [0.4, 0.5) is 4.79 Å². The summed E-state index contributed by atoms with van der Waals surface area (Å²) in [5.74, 6) is 0. The Morgan fingerprint density at radius 1 is 1.18 bits per heavy atom. The van der Waals surface area contributed by atoms with Crippen LogP contribution in [-0.2, 0) is 0 Å². The molecular weight excluding hydrogens is 214 g/mol. The van der Waals surface area contributed by atoms with Gasteiger partial charge in [0.1, 0.15) is 0 Å². The molecule has 0 aromatic carbocycles. The molecule has 0 bridgehead atoms. The lowest BCUT2D eigenvalue weighted by atomic mass is 10.2. The summed E-state index contributed by atoms with van der Waals surface area (Å²) in [6, 6.07) is 0.660. The quantitative estimate of drug-likeness (QED) is 0.663. The maximum Gasteiger partial charge on any atom is 0.317 e. The molecule has 0 saturated heterocycles. The maximum atomic E-state index is 11.6. The molecule has 0 aromatic heterocycles. The Morgan fingerprint density at radius 2 is 1.76 bits per heavy atom. The van der Waals surface area contributed by atoms with E-state index < -0.39 is 0 Å². The topological polar surface area (TPSA) is 35.6 Å². The molecule has 0 aliphatic heterocycles. The third kappa shape index (κ3) is 7.21. The summed E-state index contributed by atoms with van der Waals surface area (Å²) in [5, 5.41) is 2.96. The standard InChI is InChI=1S/C13H29N3O/c1-6-16(7-2)13(17)14-10-8-9-11-15(5)12(3)4/h12H,6-11H2,1-5H3,(H,14,17). The van der Waals surface area contributed by atoms with Gasteiger partial charge in [-0.2, -0.15) is 0 Å². The minimum Gasteiger partial charge on any atom is -0.338 e. The molecule has 0 saturated carbocycles. The first-order valence-electron chi connectivity index (χ1n) is 6.75. The summed E-state index contributed by atoms with van der Waals surface area (Å²) in [5.41, 5.74) is 0. The average Bonchev–Trinajstić information content (AvgIpc) is 2.29. The number of hydrogen-bond acceptors (Lipinski definition) is 2. The van der Waals surface area contributed by atoms with Gasteiger partial charge >= 0.3 is 6.03 Å². The second-order valence-electron chi connectivity index (χ2n) is 4.69. The van der Waals surface area contributed by atoms with E-state index >= 15 is 0 Å². The van der Waals surface area contributed by atoms with Crippen molar-refractivity contribution in [1.82, 2.24) is 15.1 Å². The van der Waals surface area contributed by atoms with Crippen molar-refractivity contribution in [3.8, 4) is 0 Å². The molecule has 0 spiro atoms. The van der Waals surface area contributed by atoms with E-state index in [0.29, 0.717) is 6.04 Å². The predicted molar refractivity (Wildman–Crippen MR) is 73.3 cm³/mol. The Balaban J connectivity index is 3.54. The van der Waals surface area contributed by atoms with Crippen LogP contribution >= 0.6 is 0 Å². The lowest BCUT2D eigenvalue weighted by Gasteiger charge is -2.21. The van der Waals surface area contributed by atoms with Gasteiger partial charge in [-0.25, -0.2) is 4.79 Å². The van der Waals surface area contributed by atoms with Crippen LogP contribution in [0.15, 0.2) is 0 Å². The molecule has 4 heteroatoms. The van der Waals surface area contributed by atoms with Crippen LogP contribution in [0.25, 0.3) is 0 Å². The lowest BCUT2D eigenvalue weighted by molar-refractivity contribution is 0.202. The van der Waals surface area contributed by atoms with Crippen LogP contribution in [-0.4, -0.2) is 55.1 Å². The van der Waals surface area contributed by atoms with Gasteiger partial charge in [0.25, 0.3) is 0 Å². The highest BCUT2D eigenvalue weighted by Gasteiger charge is 2.07. The van der Waals surface area contributed by atoms with E-state index in [1.54, 1.807) is 4.90 Å². The zero-order valence-corrected chi connectivity index (χ0v) is 12.1. The molecule has 0 aliphatic carbocycles. The highest BCUT2D eigenvalue weighted by Crippen LogP contribution is 1.97. The van der Waals surface area contributed by atoms with Crippen molar-refractivity contribution in [2.24, 2.45) is 0 Å². The number of carbonyl (C=O) groups is 1. The Labute approximate surface area is 106 Å². The number of unbranched alkanes of at least 4 members (excludes halogenated alkanes) is 1. The van der Waals surface area contributed by atoms with Crippen molar-refractivity contribution in [2.45, 2.75) is 46.6 Å². The highest BCUT2D eigenvalue weighted by atomic mass is 16.2. The molecular formula is C13H29N3O. The first-order valence-corrected chi connectivity index (χ1v) is 6.75. The number of amides is 2. The zero-order chi connectivity index (χ0) is 13.3. The summed E-state index contributed by atoms with van der Waals surface area (Å²) in [6.45, 7) is 11.8. The SMILES string of the molecule is CCN(CC)C(=O)NCCCCN(C)C(C)C. The third-order valence-electron chi connectivity index (χ3n) is 3.15. The van der Waals surface area contributed by atoms with Gasteiger partial charge in [0.15, 0.2) is 0 Å². The number of carbonyl (C=O) groups excluding carboxylic acids is 1. The monoisotopic (exact) mass is 243 g/mol. The first kappa shape index (κ1) is 16.2. The van der Waals surface area contributed by atoms with Crippen LogP contribution < -0.4 is 5.32 Å². The van der Waals surface area contributed by atoms with E-state index in [1.807, 2.05) is 13.8 Å². The number of rotatable bonds is 8. The van der Waals surface area contributed by atoms with E-state index in [2.05, 4.69) is 31.1 Å². The normalized spacial score (nSPS) is 11.0. The van der Waals surface area contributed by atoms with Crippen LogP contribution in [0.5, 0.6) is 0 Å². The largest absolute Gasteiger partial charge is 0.338 e. The predicted octanol–water partition coefficient (Wildman–Crippen LogP) is 2.16. The molecule has 17 heavy (non-hydrogen) atoms. The number of hydrogen-bond donors (Lipinski definition) is 1. The van der Waals surface area contributed by atoms with Crippen LogP contribution in [0, 0.1) is 0 Å². The van der Waals surface area contributed by atoms with Crippen molar-refractivity contribution in [3.05, 3.63) is 0 Å². The molecule has 102 valence electrons. The van der Waals surface area contributed by atoms with Gasteiger partial charge in [-0.15, -0.1) is 0 Å². The Morgan fingerprint density at radius 3 is 2.24 bits per heavy atom. The second-order valence-corrected chi connectivity index (χ2v) is 4.69. The molecule has 0 atom stereocenters. The fraction of sp³-hybridized carbons (Fsp3) is 0.923. The Kier molecular flexibility index (Phi) is 8.86. The fourth-order valence-corrected chi connectivity index (χ4v) is 1.56. The molecule has 0 heterocycles. The summed E-state index contributed by atoms with van der Waals surface area (Å²) in [4.78, 5) is 15.7. The number of nitrogens with zero attached hydrogens (tertiary/aromatic N) is 2. The van der Waals surface area contributed by atoms with Crippen LogP contribution in [0.1, 0.15) is 40.5 Å². The van der Waals surface area contributed by atoms with Crippen LogP contribution in [0.3, 0.4) is 0 Å². The van der Waals surface area contributed by atoms with Crippen molar-refractivity contribution in [2.75, 3.05) is 33.2 Å². The summed E-state index contributed by atoms with van der Waals surface area (Å²) in [7, 11) is 2.14. The summed E-state index contributed by atoms with van der Waals surface area (Å²) in [6.07, 6.45) is 2.18. The van der Waals surface area contributed by atoms with Crippen molar-refractivity contribution in [1.29, 1.82) is 0 Å². The van der Waals surface area contributed by atoms with E-state index in [9.17, 15) is 4.79 Å². The molecule has 4 nitrogen and oxygen atoms in total. The van der Waals surface area contributed by atoms with Crippen molar-refractivity contribution < 1.29 is 4.79 Å². The summed E-state index contributed by atoms with van der Waals surface area (Å²) >= 11 is 0. The Hall–Kier alpha value is -0.770. The zero-order valence-electron chi connectivity index (χ0n) is 12.1. The molecule has 2 amide bonds. The Bertz CT molecular complexity index is 203. The number of urea groups is 1. The maximum absolute atomic E-state index is 11.6. The van der Waals surface area contributed by atoms with Gasteiger partial charge < -0.3 is 15.1 Å². The van der Waals surface area contributed by atoms with E-state index in [1.165, 1.54) is 0 Å². The number of nitrogens with one attached hydrogen (secondary N) is 1. The molecule has 0 aromatic rings. The third-order valence-corrected chi connectivity index (χ3v) is 3.15.